The summed E-state index contributed by atoms with van der Waals surface area (Å²) >= 11 is 0. The lowest BCUT2D eigenvalue weighted by atomic mass is 9.97. The van der Waals surface area contributed by atoms with E-state index < -0.39 is 18.4 Å². The lowest BCUT2D eigenvalue weighted by Gasteiger charge is -2.33. The molecule has 0 bridgehead atoms. The van der Waals surface area contributed by atoms with E-state index in [0.717, 1.165) is 12.8 Å². The van der Waals surface area contributed by atoms with Crippen LogP contribution in [0.25, 0.3) is 10.9 Å². The summed E-state index contributed by atoms with van der Waals surface area (Å²) in [4.78, 5) is 27.0. The predicted octanol–water partition coefficient (Wildman–Crippen LogP) is 6.01. The number of carbonyl (C=O) groups excluding carboxylic acids is 2. The number of aromatic nitrogens is 2. The molecule has 39 heavy (non-hydrogen) atoms. The average molecular weight is 554 g/mol. The number of fused-ring (bicyclic) bond motifs is 1. The van der Waals surface area contributed by atoms with Crippen LogP contribution in [-0.2, 0) is 16.0 Å². The molecule has 1 aliphatic carbocycles. The van der Waals surface area contributed by atoms with Crippen LogP contribution in [0.2, 0.25) is 0 Å². The van der Waals surface area contributed by atoms with Crippen molar-refractivity contribution >= 4 is 22.8 Å². The Labute approximate surface area is 226 Å². The smallest absolute Gasteiger partial charge is 0.422 e. The SMILES string of the molecule is CC(C)(C)OC(=O)N1CCC(Cn2cc3c(OCC(F)(F)F)c(C(=O)CCCOCC4CC4)ccc3n2)CC1. The fraction of sp³-hybridized carbons (Fsp3) is 0.679. The summed E-state index contributed by atoms with van der Waals surface area (Å²) in [7, 11) is 0. The number of ketones is 1. The highest BCUT2D eigenvalue weighted by Gasteiger charge is 2.31. The van der Waals surface area contributed by atoms with E-state index in [1.807, 2.05) is 20.8 Å². The summed E-state index contributed by atoms with van der Waals surface area (Å²) in [6.07, 6.45) is 1.28. The number of rotatable bonds is 11. The molecule has 2 heterocycles. The first-order chi connectivity index (χ1) is 18.4. The van der Waals surface area contributed by atoms with Crippen LogP contribution in [0, 0.1) is 11.8 Å². The highest BCUT2D eigenvalue weighted by molar-refractivity contribution is 6.04. The lowest BCUT2D eigenvalue weighted by molar-refractivity contribution is -0.153. The number of alkyl halides is 3. The Balaban J connectivity index is 1.41. The van der Waals surface area contributed by atoms with Crippen LogP contribution in [0.3, 0.4) is 0 Å². The summed E-state index contributed by atoms with van der Waals surface area (Å²) in [5.74, 6) is 0.486. The third-order valence-corrected chi connectivity index (χ3v) is 6.82. The van der Waals surface area contributed by atoms with Gasteiger partial charge in [0.05, 0.1) is 16.5 Å². The Morgan fingerprint density at radius 1 is 1.05 bits per heavy atom. The topological polar surface area (TPSA) is 82.9 Å². The van der Waals surface area contributed by atoms with Gasteiger partial charge in [-0.1, -0.05) is 0 Å². The number of hydrogen-bond donors (Lipinski definition) is 0. The lowest BCUT2D eigenvalue weighted by Crippen LogP contribution is -2.42. The van der Waals surface area contributed by atoms with Crippen LogP contribution in [0.15, 0.2) is 18.3 Å². The van der Waals surface area contributed by atoms with E-state index in [0.29, 0.717) is 56.1 Å². The van der Waals surface area contributed by atoms with Gasteiger partial charge >= 0.3 is 12.3 Å². The molecule has 1 aromatic carbocycles. The Hall–Kier alpha value is -2.82. The summed E-state index contributed by atoms with van der Waals surface area (Å²) < 4.78 is 57.0. The first kappa shape index (κ1) is 29.2. The fourth-order valence-corrected chi connectivity index (χ4v) is 4.63. The monoisotopic (exact) mass is 553 g/mol. The van der Waals surface area contributed by atoms with Gasteiger partial charge in [-0.15, -0.1) is 0 Å². The second-order valence-electron chi connectivity index (χ2n) is 11.6. The number of piperidine rings is 1. The molecule has 2 aromatic rings. The fourth-order valence-electron chi connectivity index (χ4n) is 4.63. The van der Waals surface area contributed by atoms with Gasteiger partial charge in [0.2, 0.25) is 0 Å². The molecule has 0 atom stereocenters. The van der Waals surface area contributed by atoms with Gasteiger partial charge in [0.15, 0.2) is 12.4 Å². The van der Waals surface area contributed by atoms with E-state index >= 15 is 0 Å². The molecule has 216 valence electrons. The summed E-state index contributed by atoms with van der Waals surface area (Å²) in [5.41, 5.74) is 0.0285. The van der Waals surface area contributed by atoms with Crippen molar-refractivity contribution in [3.8, 4) is 5.75 Å². The highest BCUT2D eigenvalue weighted by atomic mass is 19.4. The van der Waals surface area contributed by atoms with Crippen molar-refractivity contribution in [3.63, 3.8) is 0 Å². The third-order valence-electron chi connectivity index (χ3n) is 6.82. The van der Waals surface area contributed by atoms with E-state index in [1.165, 1.54) is 18.9 Å². The van der Waals surface area contributed by atoms with Crippen LogP contribution < -0.4 is 4.74 Å². The first-order valence-corrected chi connectivity index (χ1v) is 13.7. The Morgan fingerprint density at radius 3 is 2.41 bits per heavy atom. The van der Waals surface area contributed by atoms with Crippen molar-refractivity contribution in [1.29, 1.82) is 0 Å². The molecule has 0 unspecified atom stereocenters. The van der Waals surface area contributed by atoms with E-state index in [2.05, 4.69) is 5.10 Å². The quantitative estimate of drug-likeness (QED) is 0.250. The second-order valence-corrected chi connectivity index (χ2v) is 11.6. The number of likely N-dealkylation sites (tertiary alicyclic amines) is 1. The van der Waals surface area contributed by atoms with Gasteiger partial charge in [-0.2, -0.15) is 18.3 Å². The van der Waals surface area contributed by atoms with Crippen LogP contribution in [0.4, 0.5) is 18.0 Å². The minimum absolute atomic E-state index is 0.0836. The normalized spacial score (nSPS) is 17.0. The number of benzene rings is 1. The minimum atomic E-state index is -4.54. The number of hydrogen-bond acceptors (Lipinski definition) is 6. The van der Waals surface area contributed by atoms with Crippen molar-refractivity contribution in [1.82, 2.24) is 14.7 Å². The molecular formula is C28H38F3N3O5. The van der Waals surface area contributed by atoms with Crippen molar-refractivity contribution in [3.05, 3.63) is 23.9 Å². The Kier molecular flexibility index (Phi) is 9.08. The number of amides is 1. The standard InChI is InChI=1S/C28H38F3N3O5/c1-27(2,3)39-26(36)33-12-10-19(11-13-33)15-34-16-22-23(32-34)9-8-21(25(22)38-18-28(29,30)31)24(35)5-4-14-37-17-20-6-7-20/h8-9,16,19-20H,4-7,10-15,17-18H2,1-3H3. The number of Topliss-reactive ketones (excluding diaryl/α,β-unsaturated/α-hetero) is 1. The molecular weight excluding hydrogens is 515 g/mol. The largest absolute Gasteiger partial charge is 0.483 e. The molecule has 11 heteroatoms. The number of ether oxygens (including phenoxy) is 3. The van der Waals surface area contributed by atoms with Crippen molar-refractivity contribution in [2.45, 2.75) is 77.6 Å². The molecule has 1 aliphatic heterocycles. The predicted molar refractivity (Wildman–Crippen MR) is 139 cm³/mol. The maximum absolute atomic E-state index is 13.0. The summed E-state index contributed by atoms with van der Waals surface area (Å²) in [5, 5.41) is 4.92. The van der Waals surface area contributed by atoms with Gasteiger partial charge < -0.3 is 19.1 Å². The number of nitrogens with zero attached hydrogens (tertiary/aromatic N) is 3. The average Bonchev–Trinajstić information content (AvgIpc) is 3.58. The molecule has 0 N–H and O–H groups in total. The van der Waals surface area contributed by atoms with Crippen molar-refractivity contribution in [2.24, 2.45) is 11.8 Å². The van der Waals surface area contributed by atoms with Crippen LogP contribution in [0.5, 0.6) is 5.75 Å². The van der Waals surface area contributed by atoms with Gasteiger partial charge in [0.25, 0.3) is 0 Å². The first-order valence-electron chi connectivity index (χ1n) is 13.7. The van der Waals surface area contributed by atoms with Gasteiger partial charge in [0, 0.05) is 45.5 Å². The van der Waals surface area contributed by atoms with E-state index in [9.17, 15) is 22.8 Å². The van der Waals surface area contributed by atoms with Crippen molar-refractivity contribution in [2.75, 3.05) is 32.9 Å². The molecule has 0 radical (unpaired) electrons. The van der Waals surface area contributed by atoms with Crippen LogP contribution in [0.1, 0.15) is 69.7 Å². The molecule has 8 nitrogen and oxygen atoms in total. The number of carbonyl (C=O) groups is 2. The third kappa shape index (κ3) is 8.84. The highest BCUT2D eigenvalue weighted by Crippen LogP contribution is 2.33. The Morgan fingerprint density at radius 2 is 1.77 bits per heavy atom. The zero-order valence-electron chi connectivity index (χ0n) is 22.9. The van der Waals surface area contributed by atoms with E-state index in [-0.39, 0.29) is 35.5 Å². The minimum Gasteiger partial charge on any atom is -0.483 e. The molecule has 2 fully saturated rings. The van der Waals surface area contributed by atoms with Gasteiger partial charge in [0.1, 0.15) is 11.4 Å². The van der Waals surface area contributed by atoms with Gasteiger partial charge in [-0.05, 0) is 76.8 Å². The molecule has 4 rings (SSSR count). The van der Waals surface area contributed by atoms with E-state index in [4.69, 9.17) is 14.2 Å². The maximum Gasteiger partial charge on any atom is 0.422 e. The molecule has 1 saturated carbocycles. The van der Waals surface area contributed by atoms with E-state index in [1.54, 1.807) is 21.8 Å². The van der Waals surface area contributed by atoms with Crippen molar-refractivity contribution < 1.29 is 37.0 Å². The van der Waals surface area contributed by atoms with Gasteiger partial charge in [-0.25, -0.2) is 4.79 Å². The maximum atomic E-state index is 13.0. The zero-order chi connectivity index (χ0) is 28.2. The van der Waals surface area contributed by atoms with Gasteiger partial charge in [-0.3, -0.25) is 9.48 Å². The zero-order valence-corrected chi connectivity index (χ0v) is 22.9. The van der Waals surface area contributed by atoms with Crippen LogP contribution >= 0.6 is 0 Å². The summed E-state index contributed by atoms with van der Waals surface area (Å²) in [6.45, 7) is 6.78. The Bertz CT molecular complexity index is 1150. The molecule has 0 spiro atoms. The van der Waals surface area contributed by atoms with Crippen LogP contribution in [-0.4, -0.2) is 71.2 Å². The molecule has 2 aliphatic rings. The molecule has 1 saturated heterocycles. The molecule has 1 amide bonds. The number of halogens is 3. The molecule has 1 aromatic heterocycles. The second kappa shape index (κ2) is 12.1. The summed E-state index contributed by atoms with van der Waals surface area (Å²) in [6, 6.07) is 3.15.